The minimum atomic E-state index is 0.880. The Balaban J connectivity index is 1.95. The van der Waals surface area contributed by atoms with Gasteiger partial charge in [-0.3, -0.25) is 0 Å². The molecule has 0 fully saturated rings. The average molecular weight is 378 g/mol. The van der Waals surface area contributed by atoms with Gasteiger partial charge in [0.15, 0.2) is 0 Å². The van der Waals surface area contributed by atoms with Crippen LogP contribution in [-0.2, 0) is 0 Å². The highest BCUT2D eigenvalue weighted by Crippen LogP contribution is 2.29. The topological polar surface area (TPSA) is 13.1 Å². The van der Waals surface area contributed by atoms with Gasteiger partial charge in [-0.2, -0.15) is 0 Å². The molecule has 0 N–H and O–H groups in total. The van der Waals surface area contributed by atoms with Crippen LogP contribution in [0.15, 0.2) is 74.2 Å². The molecule has 1 heterocycles. The number of rotatable bonds is 2. The van der Waals surface area contributed by atoms with Gasteiger partial charge in [0.25, 0.3) is 0 Å². The van der Waals surface area contributed by atoms with Gasteiger partial charge in [-0.15, -0.1) is 0 Å². The van der Waals surface area contributed by atoms with Crippen molar-refractivity contribution in [1.29, 1.82) is 0 Å². The standard InChI is InChI=1S/C16H10Br2O/c17-14-5-1-11(2-6-14)13-9-16(19-10-13)12-3-7-15(18)8-4-12/h1-10H. The first-order chi connectivity index (χ1) is 9.22. The molecule has 2 aromatic carbocycles. The minimum absolute atomic E-state index is 0.880. The van der Waals surface area contributed by atoms with Crippen LogP contribution in [0.1, 0.15) is 0 Å². The fourth-order valence-electron chi connectivity index (χ4n) is 1.90. The van der Waals surface area contributed by atoms with Gasteiger partial charge in [0.1, 0.15) is 5.76 Å². The SMILES string of the molecule is Brc1ccc(-c2coc(-c3ccc(Br)cc3)c2)cc1. The predicted molar refractivity (Wildman–Crippen MR) is 85.0 cm³/mol. The Labute approximate surface area is 128 Å². The molecule has 3 rings (SSSR count). The molecular formula is C16H10Br2O. The second kappa shape index (κ2) is 5.35. The predicted octanol–water partition coefficient (Wildman–Crippen LogP) is 6.14. The molecule has 0 unspecified atom stereocenters. The normalized spacial score (nSPS) is 10.6. The maximum absolute atomic E-state index is 5.65. The summed E-state index contributed by atoms with van der Waals surface area (Å²) in [6, 6.07) is 18.4. The number of benzene rings is 2. The molecule has 94 valence electrons. The molecule has 0 saturated carbocycles. The fraction of sp³-hybridized carbons (Fsp3) is 0. The molecule has 0 aliphatic rings. The molecule has 1 aromatic heterocycles. The summed E-state index contributed by atoms with van der Waals surface area (Å²) in [5.41, 5.74) is 3.31. The Hall–Kier alpha value is -1.32. The summed E-state index contributed by atoms with van der Waals surface area (Å²) in [5, 5.41) is 0. The highest BCUT2D eigenvalue weighted by atomic mass is 79.9. The molecular weight excluding hydrogens is 368 g/mol. The maximum atomic E-state index is 5.65. The smallest absolute Gasteiger partial charge is 0.134 e. The Morgan fingerprint density at radius 1 is 0.632 bits per heavy atom. The molecule has 0 aliphatic carbocycles. The molecule has 0 saturated heterocycles. The van der Waals surface area contributed by atoms with Crippen molar-refractivity contribution in [2.75, 3.05) is 0 Å². The van der Waals surface area contributed by atoms with Crippen LogP contribution >= 0.6 is 31.9 Å². The molecule has 0 bridgehead atoms. The van der Waals surface area contributed by atoms with Gasteiger partial charge < -0.3 is 4.42 Å². The molecule has 0 radical (unpaired) electrons. The van der Waals surface area contributed by atoms with Crippen molar-refractivity contribution < 1.29 is 4.42 Å². The fourth-order valence-corrected chi connectivity index (χ4v) is 2.42. The Morgan fingerprint density at radius 2 is 1.16 bits per heavy atom. The zero-order chi connectivity index (χ0) is 13.2. The average Bonchev–Trinajstić information content (AvgIpc) is 2.90. The number of hydrogen-bond acceptors (Lipinski definition) is 1. The van der Waals surface area contributed by atoms with Crippen LogP contribution < -0.4 is 0 Å². The summed E-state index contributed by atoms with van der Waals surface area (Å²) in [5.74, 6) is 0.880. The molecule has 3 aromatic rings. The van der Waals surface area contributed by atoms with Crippen LogP contribution in [0.4, 0.5) is 0 Å². The highest BCUT2D eigenvalue weighted by molar-refractivity contribution is 9.10. The lowest BCUT2D eigenvalue weighted by Crippen LogP contribution is -1.74. The van der Waals surface area contributed by atoms with Gasteiger partial charge in [0.2, 0.25) is 0 Å². The highest BCUT2D eigenvalue weighted by Gasteiger charge is 2.06. The molecule has 0 atom stereocenters. The van der Waals surface area contributed by atoms with Crippen LogP contribution in [0.5, 0.6) is 0 Å². The number of hydrogen-bond donors (Lipinski definition) is 0. The van der Waals surface area contributed by atoms with Gasteiger partial charge in [-0.05, 0) is 35.9 Å². The van der Waals surface area contributed by atoms with Crippen LogP contribution in [0.25, 0.3) is 22.5 Å². The van der Waals surface area contributed by atoms with E-state index in [1.807, 2.05) is 36.4 Å². The summed E-state index contributed by atoms with van der Waals surface area (Å²) in [6.45, 7) is 0. The van der Waals surface area contributed by atoms with Crippen LogP contribution in [-0.4, -0.2) is 0 Å². The van der Waals surface area contributed by atoms with Crippen molar-refractivity contribution >= 4 is 31.9 Å². The van der Waals surface area contributed by atoms with Gasteiger partial charge in [0, 0.05) is 20.1 Å². The summed E-state index contributed by atoms with van der Waals surface area (Å²) >= 11 is 6.87. The van der Waals surface area contributed by atoms with Gasteiger partial charge >= 0.3 is 0 Å². The molecule has 0 aliphatic heterocycles. The van der Waals surface area contributed by atoms with E-state index in [0.29, 0.717) is 0 Å². The second-order valence-electron chi connectivity index (χ2n) is 4.21. The Morgan fingerprint density at radius 3 is 1.74 bits per heavy atom. The van der Waals surface area contributed by atoms with Crippen LogP contribution in [0, 0.1) is 0 Å². The van der Waals surface area contributed by atoms with Crippen molar-refractivity contribution in [3.8, 4) is 22.5 Å². The summed E-state index contributed by atoms with van der Waals surface area (Å²) < 4.78 is 7.79. The maximum Gasteiger partial charge on any atom is 0.134 e. The lowest BCUT2D eigenvalue weighted by molar-refractivity contribution is 0.583. The van der Waals surface area contributed by atoms with Gasteiger partial charge in [0.05, 0.1) is 6.26 Å². The van der Waals surface area contributed by atoms with E-state index in [4.69, 9.17) is 4.42 Å². The van der Waals surface area contributed by atoms with Crippen molar-refractivity contribution in [2.24, 2.45) is 0 Å². The van der Waals surface area contributed by atoms with E-state index in [2.05, 4.69) is 50.1 Å². The van der Waals surface area contributed by atoms with Gasteiger partial charge in [-0.1, -0.05) is 56.1 Å². The van der Waals surface area contributed by atoms with Crippen molar-refractivity contribution in [3.63, 3.8) is 0 Å². The molecule has 3 heteroatoms. The first-order valence-electron chi connectivity index (χ1n) is 5.83. The van der Waals surface area contributed by atoms with Crippen molar-refractivity contribution in [2.45, 2.75) is 0 Å². The van der Waals surface area contributed by atoms with E-state index in [1.54, 1.807) is 6.26 Å². The Kier molecular flexibility index (Phi) is 3.58. The molecule has 0 amide bonds. The third-order valence-electron chi connectivity index (χ3n) is 2.91. The van der Waals surface area contributed by atoms with E-state index >= 15 is 0 Å². The largest absolute Gasteiger partial charge is 0.464 e. The lowest BCUT2D eigenvalue weighted by atomic mass is 10.1. The number of halogens is 2. The zero-order valence-corrected chi connectivity index (χ0v) is 13.1. The third kappa shape index (κ3) is 2.82. The second-order valence-corrected chi connectivity index (χ2v) is 6.04. The zero-order valence-electron chi connectivity index (χ0n) is 9.94. The van der Waals surface area contributed by atoms with E-state index < -0.39 is 0 Å². The van der Waals surface area contributed by atoms with E-state index in [0.717, 1.165) is 31.4 Å². The van der Waals surface area contributed by atoms with Crippen LogP contribution in [0.3, 0.4) is 0 Å². The molecule has 1 nitrogen and oxygen atoms in total. The molecule has 19 heavy (non-hydrogen) atoms. The Bertz CT molecular complexity index is 622. The minimum Gasteiger partial charge on any atom is -0.464 e. The van der Waals surface area contributed by atoms with E-state index in [1.165, 1.54) is 0 Å². The first-order valence-corrected chi connectivity index (χ1v) is 7.41. The summed E-state index contributed by atoms with van der Waals surface area (Å²) in [4.78, 5) is 0. The van der Waals surface area contributed by atoms with E-state index in [9.17, 15) is 0 Å². The van der Waals surface area contributed by atoms with Crippen molar-refractivity contribution in [1.82, 2.24) is 0 Å². The lowest BCUT2D eigenvalue weighted by Gasteiger charge is -1.97. The van der Waals surface area contributed by atoms with Crippen molar-refractivity contribution in [3.05, 3.63) is 69.8 Å². The van der Waals surface area contributed by atoms with Gasteiger partial charge in [-0.25, -0.2) is 0 Å². The third-order valence-corrected chi connectivity index (χ3v) is 3.96. The summed E-state index contributed by atoms with van der Waals surface area (Å²) in [7, 11) is 0. The van der Waals surface area contributed by atoms with Crippen LogP contribution in [0.2, 0.25) is 0 Å². The summed E-state index contributed by atoms with van der Waals surface area (Å²) in [6.07, 6.45) is 1.79. The monoisotopic (exact) mass is 376 g/mol. The number of furan rings is 1. The molecule has 0 spiro atoms. The van der Waals surface area contributed by atoms with E-state index in [-0.39, 0.29) is 0 Å². The quantitative estimate of drug-likeness (QED) is 0.522. The first kappa shape index (κ1) is 12.7.